The van der Waals surface area contributed by atoms with Crippen LogP contribution in [0.5, 0.6) is 5.75 Å². The van der Waals surface area contributed by atoms with Crippen LogP contribution < -0.4 is 15.4 Å². The summed E-state index contributed by atoms with van der Waals surface area (Å²) < 4.78 is 5.51. The van der Waals surface area contributed by atoms with Crippen molar-refractivity contribution in [3.8, 4) is 5.75 Å². The number of carboxylic acids is 1. The number of carbonyl (C=O) groups excluding carboxylic acids is 1. The minimum Gasteiger partial charge on any atom is -0.484 e. The Balaban J connectivity index is 1.54. The number of carbonyl (C=O) groups is 2. The van der Waals surface area contributed by atoms with Crippen LogP contribution in [-0.4, -0.2) is 40.2 Å². The first-order valence-electron chi connectivity index (χ1n) is 10.3. The number of para-hydroxylation sites is 1. The molecule has 3 rings (SSSR count). The Morgan fingerprint density at radius 2 is 1.81 bits per heavy atom. The van der Waals surface area contributed by atoms with Gasteiger partial charge >= 0.3 is 5.97 Å². The molecule has 1 amide bonds. The molecule has 164 valence electrons. The van der Waals surface area contributed by atoms with Crippen LogP contribution in [0.2, 0.25) is 0 Å². The first-order chi connectivity index (χ1) is 14.7. The third kappa shape index (κ3) is 6.58. The highest BCUT2D eigenvalue weighted by Gasteiger charge is 2.19. The van der Waals surface area contributed by atoms with Crippen LogP contribution in [0.15, 0.2) is 54.7 Å². The minimum atomic E-state index is -0.893. The maximum atomic E-state index is 11.8. The van der Waals surface area contributed by atoms with Gasteiger partial charge in [-0.05, 0) is 50.1 Å². The number of hydrogen-bond donors (Lipinski definition) is 4. The molecule has 1 heterocycles. The normalized spacial score (nSPS) is 12.5. The molecule has 3 aromatic rings. The molecule has 1 aromatic heterocycles. The highest BCUT2D eigenvalue weighted by atomic mass is 16.5. The first-order valence-corrected chi connectivity index (χ1v) is 10.3. The molecule has 1 atom stereocenters. The molecule has 31 heavy (non-hydrogen) atoms. The van der Waals surface area contributed by atoms with Gasteiger partial charge in [-0.3, -0.25) is 9.59 Å². The fraction of sp³-hybridized carbons (Fsp3) is 0.333. The van der Waals surface area contributed by atoms with E-state index in [0.29, 0.717) is 18.7 Å². The number of aliphatic carboxylic acids is 1. The van der Waals surface area contributed by atoms with Gasteiger partial charge in [0.15, 0.2) is 6.61 Å². The molecule has 0 fully saturated rings. The zero-order chi connectivity index (χ0) is 22.4. The van der Waals surface area contributed by atoms with Crippen LogP contribution in [-0.2, 0) is 22.6 Å². The third-order valence-corrected chi connectivity index (χ3v) is 4.76. The van der Waals surface area contributed by atoms with Crippen LogP contribution in [0, 0.1) is 0 Å². The first kappa shape index (κ1) is 22.4. The van der Waals surface area contributed by atoms with E-state index >= 15 is 0 Å². The van der Waals surface area contributed by atoms with Crippen molar-refractivity contribution in [1.82, 2.24) is 15.6 Å². The second kappa shape index (κ2) is 9.66. The van der Waals surface area contributed by atoms with E-state index < -0.39 is 12.0 Å². The minimum absolute atomic E-state index is 0.0550. The lowest BCUT2D eigenvalue weighted by molar-refractivity contribution is -0.139. The highest BCUT2D eigenvalue weighted by Crippen LogP contribution is 2.19. The predicted molar refractivity (Wildman–Crippen MR) is 120 cm³/mol. The summed E-state index contributed by atoms with van der Waals surface area (Å²) in [7, 11) is 0. The average Bonchev–Trinajstić information content (AvgIpc) is 3.12. The van der Waals surface area contributed by atoms with Crippen molar-refractivity contribution in [2.75, 3.05) is 6.61 Å². The van der Waals surface area contributed by atoms with E-state index in [1.165, 1.54) is 0 Å². The average molecular weight is 424 g/mol. The van der Waals surface area contributed by atoms with E-state index in [0.717, 1.165) is 22.0 Å². The molecule has 7 nitrogen and oxygen atoms in total. The van der Waals surface area contributed by atoms with Crippen molar-refractivity contribution in [3.05, 3.63) is 65.9 Å². The summed E-state index contributed by atoms with van der Waals surface area (Å²) in [5.74, 6) is -0.490. The van der Waals surface area contributed by atoms with Gasteiger partial charge in [-0.25, -0.2) is 0 Å². The zero-order valence-corrected chi connectivity index (χ0v) is 18.1. The van der Waals surface area contributed by atoms with Crippen LogP contribution in [0.1, 0.15) is 31.9 Å². The second-order valence-corrected chi connectivity index (χ2v) is 8.57. The molecule has 0 saturated heterocycles. The predicted octanol–water partition coefficient (Wildman–Crippen LogP) is 3.25. The highest BCUT2D eigenvalue weighted by molar-refractivity contribution is 5.84. The van der Waals surface area contributed by atoms with Gasteiger partial charge in [-0.1, -0.05) is 30.3 Å². The van der Waals surface area contributed by atoms with Gasteiger partial charge in [0.1, 0.15) is 11.8 Å². The van der Waals surface area contributed by atoms with Gasteiger partial charge in [0.25, 0.3) is 5.91 Å². The van der Waals surface area contributed by atoms with Crippen LogP contribution in [0.3, 0.4) is 0 Å². The quantitative estimate of drug-likeness (QED) is 0.423. The van der Waals surface area contributed by atoms with E-state index in [2.05, 4.69) is 15.6 Å². The van der Waals surface area contributed by atoms with Crippen molar-refractivity contribution in [2.24, 2.45) is 0 Å². The molecule has 0 aliphatic rings. The smallest absolute Gasteiger partial charge is 0.321 e. The molecule has 7 heteroatoms. The molecule has 1 unspecified atom stereocenters. The molecular formula is C24H29N3O4. The third-order valence-electron chi connectivity index (χ3n) is 4.76. The summed E-state index contributed by atoms with van der Waals surface area (Å²) in [5.41, 5.74) is 2.58. The molecule has 0 saturated carbocycles. The number of carboxylic acid groups (broad SMARTS) is 1. The summed E-state index contributed by atoms with van der Waals surface area (Å²) in [6.45, 7) is 6.09. The summed E-state index contributed by atoms with van der Waals surface area (Å²) in [4.78, 5) is 26.8. The van der Waals surface area contributed by atoms with Gasteiger partial charge in [-0.2, -0.15) is 0 Å². The molecule has 0 aliphatic heterocycles. The largest absolute Gasteiger partial charge is 0.484 e. The SMILES string of the molecule is CC(C)(C)NC(=O)COc1ccc(CNC(Cc2c[nH]c3ccccc23)C(=O)O)cc1. The fourth-order valence-electron chi connectivity index (χ4n) is 3.32. The lowest BCUT2D eigenvalue weighted by Crippen LogP contribution is -2.43. The number of amides is 1. The number of aromatic amines is 1. The maximum absolute atomic E-state index is 11.8. The number of ether oxygens (including phenoxy) is 1. The Morgan fingerprint density at radius 1 is 1.10 bits per heavy atom. The maximum Gasteiger partial charge on any atom is 0.321 e. The van der Waals surface area contributed by atoms with Gasteiger partial charge in [0.2, 0.25) is 0 Å². The summed E-state index contributed by atoms with van der Waals surface area (Å²) in [6, 6.07) is 14.4. The van der Waals surface area contributed by atoms with Crippen LogP contribution in [0.4, 0.5) is 0 Å². The number of rotatable bonds is 9. The van der Waals surface area contributed by atoms with Crippen molar-refractivity contribution in [1.29, 1.82) is 0 Å². The van der Waals surface area contributed by atoms with Gasteiger partial charge in [0, 0.05) is 35.6 Å². The lowest BCUT2D eigenvalue weighted by atomic mass is 10.0. The monoisotopic (exact) mass is 423 g/mol. The molecular weight excluding hydrogens is 394 g/mol. The molecule has 4 N–H and O–H groups in total. The fourth-order valence-corrected chi connectivity index (χ4v) is 3.32. The Bertz CT molecular complexity index is 1030. The van der Waals surface area contributed by atoms with Gasteiger partial charge < -0.3 is 25.5 Å². The van der Waals surface area contributed by atoms with Crippen LogP contribution in [0.25, 0.3) is 10.9 Å². The van der Waals surface area contributed by atoms with Gasteiger partial charge in [0.05, 0.1) is 0 Å². The summed E-state index contributed by atoms with van der Waals surface area (Å²) in [6.07, 6.45) is 2.24. The number of aromatic nitrogens is 1. The molecule has 0 spiro atoms. The number of H-pyrrole nitrogens is 1. The standard InChI is InChI=1S/C24H29N3O4/c1-24(2,3)27-22(28)15-31-18-10-8-16(9-11-18)13-25-21(23(29)30)12-17-14-26-20-7-5-4-6-19(17)20/h4-11,14,21,25-26H,12-13,15H2,1-3H3,(H,27,28)(H,29,30). The molecule has 0 bridgehead atoms. The van der Waals surface area contributed by atoms with Crippen molar-refractivity contribution >= 4 is 22.8 Å². The Labute approximate surface area is 181 Å². The summed E-state index contributed by atoms with van der Waals surface area (Å²) >= 11 is 0. The summed E-state index contributed by atoms with van der Waals surface area (Å²) in [5, 5.41) is 16.6. The molecule has 2 aromatic carbocycles. The van der Waals surface area contributed by atoms with E-state index in [-0.39, 0.29) is 18.1 Å². The van der Waals surface area contributed by atoms with Crippen LogP contribution >= 0.6 is 0 Å². The van der Waals surface area contributed by atoms with Crippen molar-refractivity contribution < 1.29 is 19.4 Å². The number of fused-ring (bicyclic) bond motifs is 1. The molecule has 0 radical (unpaired) electrons. The number of nitrogens with one attached hydrogen (secondary N) is 3. The van der Waals surface area contributed by atoms with E-state index in [1.807, 2.05) is 63.4 Å². The zero-order valence-electron chi connectivity index (χ0n) is 18.1. The van der Waals surface area contributed by atoms with Crippen molar-refractivity contribution in [3.63, 3.8) is 0 Å². The number of hydrogen-bond acceptors (Lipinski definition) is 4. The number of benzene rings is 2. The molecule has 0 aliphatic carbocycles. The Kier molecular flexibility index (Phi) is 6.97. The van der Waals surface area contributed by atoms with E-state index in [4.69, 9.17) is 4.74 Å². The van der Waals surface area contributed by atoms with E-state index in [1.54, 1.807) is 12.1 Å². The Hall–Kier alpha value is -3.32. The van der Waals surface area contributed by atoms with E-state index in [9.17, 15) is 14.7 Å². The Morgan fingerprint density at radius 3 is 2.48 bits per heavy atom. The topological polar surface area (TPSA) is 103 Å². The second-order valence-electron chi connectivity index (χ2n) is 8.57. The van der Waals surface area contributed by atoms with Gasteiger partial charge in [-0.15, -0.1) is 0 Å². The van der Waals surface area contributed by atoms with Crippen molar-refractivity contribution in [2.45, 2.75) is 45.3 Å². The lowest BCUT2D eigenvalue weighted by Gasteiger charge is -2.20.